The summed E-state index contributed by atoms with van der Waals surface area (Å²) < 4.78 is 47.8. The Kier molecular flexibility index (Phi) is 9.28. The Labute approximate surface area is 259 Å². The van der Waals surface area contributed by atoms with Gasteiger partial charge in [-0.15, -0.1) is 11.3 Å². The minimum absolute atomic E-state index is 0.0896. The van der Waals surface area contributed by atoms with Crippen LogP contribution in [0.3, 0.4) is 0 Å². The molecule has 0 atom stereocenters. The zero-order valence-corrected chi connectivity index (χ0v) is 26.2. The van der Waals surface area contributed by atoms with Gasteiger partial charge in [-0.25, -0.2) is 17.6 Å². The van der Waals surface area contributed by atoms with Gasteiger partial charge < -0.3 is 9.30 Å². The first-order valence-corrected chi connectivity index (χ1v) is 16.6. The van der Waals surface area contributed by atoms with E-state index in [1.807, 2.05) is 37.4 Å². The molecule has 0 aliphatic rings. The maximum atomic E-state index is 14.8. The maximum absolute atomic E-state index is 14.8. The highest BCUT2D eigenvalue weighted by molar-refractivity contribution is 7.92. The largest absolute Gasteiger partial charge is 0.462 e. The van der Waals surface area contributed by atoms with Crippen LogP contribution in [-0.4, -0.2) is 43.8 Å². The van der Waals surface area contributed by atoms with E-state index in [1.54, 1.807) is 54.0 Å². The Balaban J connectivity index is 1.72. The third-order valence-electron chi connectivity index (χ3n) is 6.97. The number of carbonyl (C=O) groups excluding carboxylic acids is 1. The molecule has 2 heterocycles. The van der Waals surface area contributed by atoms with Crippen molar-refractivity contribution in [2.24, 2.45) is 0 Å². The van der Waals surface area contributed by atoms with E-state index in [0.717, 1.165) is 22.3 Å². The van der Waals surface area contributed by atoms with Crippen molar-refractivity contribution in [2.75, 3.05) is 24.6 Å². The topological polar surface area (TPSA) is 97.7 Å². The highest BCUT2D eigenvalue weighted by atomic mass is 32.2. The number of pyridine rings is 1. The Bertz CT molecular complexity index is 1970. The highest BCUT2D eigenvalue weighted by Crippen LogP contribution is 2.39. The second-order valence-electron chi connectivity index (χ2n) is 10.5. The fourth-order valence-electron chi connectivity index (χ4n) is 5.09. The fraction of sp³-hybridized carbons (Fsp3) is 0.212. The summed E-state index contributed by atoms with van der Waals surface area (Å²) in [6, 6.07) is 23.2. The van der Waals surface area contributed by atoms with Crippen molar-refractivity contribution >= 4 is 43.2 Å². The van der Waals surface area contributed by atoms with Gasteiger partial charge in [-0.3, -0.25) is 14.4 Å². The summed E-state index contributed by atoms with van der Waals surface area (Å²) in [7, 11) is -1.51. The summed E-state index contributed by atoms with van der Waals surface area (Å²) in [5.74, 6) is -1.14. The number of nitrogens with one attached hydrogen (secondary N) is 1. The summed E-state index contributed by atoms with van der Waals surface area (Å²) in [6.45, 7) is 2.83. The second-order valence-corrected chi connectivity index (χ2v) is 13.3. The molecule has 0 spiro atoms. The number of hydrogen-bond donors (Lipinski definition) is 1. The van der Waals surface area contributed by atoms with Crippen LogP contribution in [-0.2, 0) is 34.4 Å². The number of benzene rings is 3. The number of sulfonamides is 1. The Morgan fingerprint density at radius 3 is 2.34 bits per heavy atom. The lowest BCUT2D eigenvalue weighted by Gasteiger charge is -2.18. The number of anilines is 1. The molecule has 5 aromatic rings. The molecule has 44 heavy (non-hydrogen) atoms. The lowest BCUT2D eigenvalue weighted by Crippen LogP contribution is -2.23. The predicted molar refractivity (Wildman–Crippen MR) is 173 cm³/mol. The maximum Gasteiger partial charge on any atom is 0.343 e. The fourth-order valence-corrected chi connectivity index (χ4v) is 6.94. The van der Waals surface area contributed by atoms with Crippen LogP contribution in [0.5, 0.6) is 0 Å². The zero-order valence-electron chi connectivity index (χ0n) is 24.5. The number of halogens is 1. The third kappa shape index (κ3) is 7.07. The summed E-state index contributed by atoms with van der Waals surface area (Å²) in [4.78, 5) is 30.5. The van der Waals surface area contributed by atoms with E-state index in [1.165, 1.54) is 23.6 Å². The van der Waals surface area contributed by atoms with Crippen molar-refractivity contribution < 1.29 is 22.3 Å². The first-order chi connectivity index (χ1) is 21.0. The molecule has 0 fully saturated rings. The molecule has 0 saturated carbocycles. The second kappa shape index (κ2) is 13.1. The number of nitrogens with zero attached hydrogens (tertiary/aromatic N) is 2. The van der Waals surface area contributed by atoms with E-state index in [2.05, 4.69) is 9.62 Å². The van der Waals surface area contributed by atoms with Gasteiger partial charge in [0.2, 0.25) is 15.5 Å². The van der Waals surface area contributed by atoms with Crippen LogP contribution >= 0.6 is 11.3 Å². The van der Waals surface area contributed by atoms with Gasteiger partial charge in [0.25, 0.3) is 0 Å². The molecule has 5 rings (SSSR count). The zero-order chi connectivity index (χ0) is 31.4. The van der Waals surface area contributed by atoms with Crippen LogP contribution in [0, 0.1) is 5.82 Å². The summed E-state index contributed by atoms with van der Waals surface area (Å²) in [5, 5.41) is 0.366. The van der Waals surface area contributed by atoms with Crippen LogP contribution < -0.4 is 10.2 Å². The van der Waals surface area contributed by atoms with Crippen molar-refractivity contribution in [3.63, 3.8) is 0 Å². The molecule has 1 N–H and O–H groups in total. The minimum atomic E-state index is -3.46. The Morgan fingerprint density at radius 1 is 1.00 bits per heavy atom. The van der Waals surface area contributed by atoms with Gasteiger partial charge in [0.15, 0.2) is 0 Å². The standard InChI is InChI=1S/C33H32FN3O5S2/c1-4-42-33(39)27-21-37(19-24-12-8-9-13-28(24)34)32-29(30(27)38)26(20-36(2)18-22-10-6-5-7-11-22)31(43-32)23-14-16-25(17-15-23)35-44(3,40)41/h5-17,21,35H,4,18-20H2,1-3H3. The van der Waals surface area contributed by atoms with Crippen LogP contribution in [0.15, 0.2) is 89.9 Å². The van der Waals surface area contributed by atoms with Crippen LogP contribution in [0.4, 0.5) is 10.1 Å². The predicted octanol–water partition coefficient (Wildman–Crippen LogP) is 6.10. The number of ether oxygens (including phenoxy) is 1. The normalized spacial score (nSPS) is 11.7. The lowest BCUT2D eigenvalue weighted by atomic mass is 10.0. The van der Waals surface area contributed by atoms with Gasteiger partial charge in [-0.2, -0.15) is 0 Å². The highest BCUT2D eigenvalue weighted by Gasteiger charge is 2.25. The molecule has 0 amide bonds. The number of esters is 1. The number of thiophene rings is 1. The van der Waals surface area contributed by atoms with E-state index in [9.17, 15) is 22.4 Å². The Morgan fingerprint density at radius 2 is 1.68 bits per heavy atom. The number of carbonyl (C=O) groups is 1. The molecular formula is C33H32FN3O5S2. The third-order valence-corrected chi connectivity index (χ3v) is 8.90. The van der Waals surface area contributed by atoms with Crippen molar-refractivity contribution in [1.82, 2.24) is 9.47 Å². The molecule has 11 heteroatoms. The van der Waals surface area contributed by atoms with E-state index >= 15 is 0 Å². The number of aromatic nitrogens is 1. The van der Waals surface area contributed by atoms with Crippen LogP contribution in [0.25, 0.3) is 20.7 Å². The number of fused-ring (bicyclic) bond motifs is 1. The molecule has 0 aliphatic heterocycles. The number of rotatable bonds is 11. The molecular weight excluding hydrogens is 602 g/mol. The van der Waals surface area contributed by atoms with Gasteiger partial charge >= 0.3 is 5.97 Å². The van der Waals surface area contributed by atoms with Crippen molar-refractivity contribution in [3.8, 4) is 10.4 Å². The SMILES string of the molecule is CCOC(=O)c1cn(Cc2ccccc2F)c2sc(-c3ccc(NS(C)(=O)=O)cc3)c(CN(C)Cc3ccccc3)c2c1=O. The smallest absolute Gasteiger partial charge is 0.343 e. The molecule has 0 saturated heterocycles. The molecule has 0 aliphatic carbocycles. The summed E-state index contributed by atoms with van der Waals surface area (Å²) in [5.41, 5.74) is 2.80. The molecule has 0 unspecified atom stereocenters. The van der Waals surface area contributed by atoms with Gasteiger partial charge in [0.05, 0.1) is 24.8 Å². The molecule has 8 nitrogen and oxygen atoms in total. The van der Waals surface area contributed by atoms with Crippen LogP contribution in [0.2, 0.25) is 0 Å². The average Bonchev–Trinajstić information content (AvgIpc) is 3.35. The van der Waals surface area contributed by atoms with Crippen molar-refractivity contribution in [2.45, 2.75) is 26.6 Å². The summed E-state index contributed by atoms with van der Waals surface area (Å²) >= 11 is 1.37. The average molecular weight is 634 g/mol. The van der Waals surface area contributed by atoms with E-state index in [0.29, 0.717) is 40.1 Å². The first kappa shape index (κ1) is 31.1. The van der Waals surface area contributed by atoms with Gasteiger partial charge in [-0.05, 0) is 48.9 Å². The molecule has 228 valence electrons. The van der Waals surface area contributed by atoms with E-state index < -0.39 is 27.2 Å². The molecule has 2 aromatic heterocycles. The number of hydrogen-bond acceptors (Lipinski definition) is 7. The van der Waals surface area contributed by atoms with Crippen molar-refractivity contribution in [1.29, 1.82) is 0 Å². The monoisotopic (exact) mass is 633 g/mol. The van der Waals surface area contributed by atoms with Gasteiger partial charge in [0.1, 0.15) is 16.2 Å². The molecule has 0 radical (unpaired) electrons. The van der Waals surface area contributed by atoms with E-state index in [4.69, 9.17) is 4.74 Å². The summed E-state index contributed by atoms with van der Waals surface area (Å²) in [6.07, 6.45) is 2.53. The van der Waals surface area contributed by atoms with Gasteiger partial charge in [0, 0.05) is 35.4 Å². The molecule has 0 bridgehead atoms. The van der Waals surface area contributed by atoms with Crippen molar-refractivity contribution in [3.05, 3.63) is 123 Å². The molecule has 3 aromatic carbocycles. The first-order valence-electron chi connectivity index (χ1n) is 13.9. The van der Waals surface area contributed by atoms with E-state index in [-0.39, 0.29) is 18.7 Å². The Hall–Kier alpha value is -4.32. The quantitative estimate of drug-likeness (QED) is 0.177. The lowest BCUT2D eigenvalue weighted by molar-refractivity contribution is 0.0524. The van der Waals surface area contributed by atoms with Gasteiger partial charge in [-0.1, -0.05) is 60.7 Å². The van der Waals surface area contributed by atoms with Crippen LogP contribution in [0.1, 0.15) is 34.0 Å². The minimum Gasteiger partial charge on any atom is -0.462 e.